The SMILES string of the molecule is NC(c1ccccc1Cl)c1nc2ccccc2n1-c1ccccc1. The number of imidazole rings is 1. The summed E-state index contributed by atoms with van der Waals surface area (Å²) in [4.78, 5) is 4.79. The van der Waals surface area contributed by atoms with Gasteiger partial charge in [0.1, 0.15) is 5.82 Å². The van der Waals surface area contributed by atoms with Gasteiger partial charge in [0.25, 0.3) is 0 Å². The highest BCUT2D eigenvalue weighted by atomic mass is 35.5. The van der Waals surface area contributed by atoms with Crippen molar-refractivity contribution in [3.63, 3.8) is 0 Å². The third kappa shape index (κ3) is 2.48. The van der Waals surface area contributed by atoms with E-state index in [0.717, 1.165) is 28.1 Å². The number of para-hydroxylation sites is 3. The van der Waals surface area contributed by atoms with E-state index in [1.165, 1.54) is 0 Å². The molecule has 1 atom stereocenters. The number of fused-ring (bicyclic) bond motifs is 1. The average Bonchev–Trinajstić information content (AvgIpc) is 3.02. The van der Waals surface area contributed by atoms with E-state index in [2.05, 4.69) is 22.8 Å². The number of hydrogen-bond acceptors (Lipinski definition) is 2. The molecular formula is C20H16ClN3. The van der Waals surface area contributed by atoms with E-state index in [1.54, 1.807) is 0 Å². The van der Waals surface area contributed by atoms with Crippen molar-refractivity contribution in [3.8, 4) is 5.69 Å². The molecule has 4 aromatic rings. The molecule has 3 aromatic carbocycles. The van der Waals surface area contributed by atoms with Crippen LogP contribution in [0.15, 0.2) is 78.9 Å². The summed E-state index contributed by atoms with van der Waals surface area (Å²) in [5.74, 6) is 0.774. The van der Waals surface area contributed by atoms with Crippen molar-refractivity contribution < 1.29 is 0 Å². The number of halogens is 1. The molecular weight excluding hydrogens is 318 g/mol. The van der Waals surface area contributed by atoms with Gasteiger partial charge in [0.2, 0.25) is 0 Å². The molecule has 0 bridgehead atoms. The van der Waals surface area contributed by atoms with Crippen LogP contribution in [0.3, 0.4) is 0 Å². The lowest BCUT2D eigenvalue weighted by molar-refractivity contribution is 0.766. The minimum absolute atomic E-state index is 0.411. The lowest BCUT2D eigenvalue weighted by Gasteiger charge is -2.16. The molecule has 0 spiro atoms. The van der Waals surface area contributed by atoms with Gasteiger partial charge in [-0.2, -0.15) is 0 Å². The maximum Gasteiger partial charge on any atom is 0.136 e. The summed E-state index contributed by atoms with van der Waals surface area (Å²) in [7, 11) is 0. The van der Waals surface area contributed by atoms with Crippen molar-refractivity contribution in [1.82, 2.24) is 9.55 Å². The molecule has 3 nitrogen and oxygen atoms in total. The molecule has 0 amide bonds. The van der Waals surface area contributed by atoms with Crippen LogP contribution in [-0.4, -0.2) is 9.55 Å². The van der Waals surface area contributed by atoms with Gasteiger partial charge in [0.15, 0.2) is 0 Å². The van der Waals surface area contributed by atoms with Gasteiger partial charge in [-0.25, -0.2) is 4.98 Å². The van der Waals surface area contributed by atoms with Crippen molar-refractivity contribution in [3.05, 3.63) is 95.3 Å². The lowest BCUT2D eigenvalue weighted by Crippen LogP contribution is -2.17. The van der Waals surface area contributed by atoms with Crippen LogP contribution in [0.5, 0.6) is 0 Å². The summed E-state index contributed by atoms with van der Waals surface area (Å²) < 4.78 is 2.10. The third-order valence-corrected chi connectivity index (χ3v) is 4.46. The molecule has 1 aromatic heterocycles. The summed E-state index contributed by atoms with van der Waals surface area (Å²) in [6.45, 7) is 0. The maximum atomic E-state index is 6.55. The number of aromatic nitrogens is 2. The van der Waals surface area contributed by atoms with Crippen LogP contribution >= 0.6 is 11.6 Å². The Hall–Kier alpha value is -2.62. The Morgan fingerprint density at radius 3 is 2.29 bits per heavy atom. The van der Waals surface area contributed by atoms with Gasteiger partial charge in [0.05, 0.1) is 17.1 Å². The van der Waals surface area contributed by atoms with Crippen LogP contribution in [0.1, 0.15) is 17.4 Å². The monoisotopic (exact) mass is 333 g/mol. The Kier molecular flexibility index (Phi) is 3.81. The summed E-state index contributed by atoms with van der Waals surface area (Å²) in [6.07, 6.45) is 0. The normalized spacial score (nSPS) is 12.4. The smallest absolute Gasteiger partial charge is 0.136 e. The summed E-state index contributed by atoms with van der Waals surface area (Å²) in [5.41, 5.74) is 10.4. The Morgan fingerprint density at radius 2 is 1.50 bits per heavy atom. The summed E-state index contributed by atoms with van der Waals surface area (Å²) in [5, 5.41) is 0.650. The molecule has 0 aliphatic carbocycles. The lowest BCUT2D eigenvalue weighted by atomic mass is 10.1. The van der Waals surface area contributed by atoms with Crippen LogP contribution < -0.4 is 5.73 Å². The molecule has 0 aliphatic rings. The van der Waals surface area contributed by atoms with Crippen molar-refractivity contribution >= 4 is 22.6 Å². The second-order valence-electron chi connectivity index (χ2n) is 5.63. The second kappa shape index (κ2) is 6.11. The van der Waals surface area contributed by atoms with Crippen LogP contribution in [0.25, 0.3) is 16.7 Å². The van der Waals surface area contributed by atoms with Crippen molar-refractivity contribution in [2.45, 2.75) is 6.04 Å². The van der Waals surface area contributed by atoms with E-state index in [1.807, 2.05) is 60.7 Å². The molecule has 118 valence electrons. The first kappa shape index (κ1) is 14.9. The van der Waals surface area contributed by atoms with Gasteiger partial charge in [-0.1, -0.05) is 60.1 Å². The molecule has 24 heavy (non-hydrogen) atoms. The highest BCUT2D eigenvalue weighted by Gasteiger charge is 2.21. The molecule has 2 N–H and O–H groups in total. The van der Waals surface area contributed by atoms with Gasteiger partial charge < -0.3 is 5.73 Å². The molecule has 4 heteroatoms. The number of nitrogens with zero attached hydrogens (tertiary/aromatic N) is 2. The average molecular weight is 334 g/mol. The fraction of sp³-hybridized carbons (Fsp3) is 0.0500. The van der Waals surface area contributed by atoms with Crippen molar-refractivity contribution in [2.75, 3.05) is 0 Å². The van der Waals surface area contributed by atoms with Crippen LogP contribution in [0.4, 0.5) is 0 Å². The maximum absolute atomic E-state index is 6.55. The van der Waals surface area contributed by atoms with E-state index < -0.39 is 6.04 Å². The van der Waals surface area contributed by atoms with Crippen LogP contribution in [0.2, 0.25) is 5.02 Å². The van der Waals surface area contributed by atoms with Crippen LogP contribution in [0, 0.1) is 0 Å². The number of nitrogens with two attached hydrogens (primary N) is 1. The zero-order chi connectivity index (χ0) is 16.5. The van der Waals surface area contributed by atoms with Crippen molar-refractivity contribution in [1.29, 1.82) is 0 Å². The number of benzene rings is 3. The molecule has 0 aliphatic heterocycles. The van der Waals surface area contributed by atoms with Crippen LogP contribution in [-0.2, 0) is 0 Å². The van der Waals surface area contributed by atoms with E-state index in [-0.39, 0.29) is 0 Å². The molecule has 0 saturated carbocycles. The molecule has 0 fully saturated rings. The van der Waals surface area contributed by atoms with E-state index >= 15 is 0 Å². The van der Waals surface area contributed by atoms with Gasteiger partial charge in [0, 0.05) is 10.7 Å². The first-order valence-electron chi connectivity index (χ1n) is 7.78. The van der Waals surface area contributed by atoms with Gasteiger partial charge in [-0.15, -0.1) is 0 Å². The molecule has 0 saturated heterocycles. The van der Waals surface area contributed by atoms with Crippen molar-refractivity contribution in [2.24, 2.45) is 5.73 Å². The van der Waals surface area contributed by atoms with Gasteiger partial charge >= 0.3 is 0 Å². The topological polar surface area (TPSA) is 43.8 Å². The third-order valence-electron chi connectivity index (χ3n) is 4.12. The Morgan fingerprint density at radius 1 is 0.833 bits per heavy atom. The predicted molar refractivity (Wildman–Crippen MR) is 98.6 cm³/mol. The summed E-state index contributed by atoms with van der Waals surface area (Å²) in [6, 6.07) is 25.4. The zero-order valence-corrected chi connectivity index (χ0v) is 13.7. The fourth-order valence-corrected chi connectivity index (χ4v) is 3.22. The van der Waals surface area contributed by atoms with Gasteiger partial charge in [-0.05, 0) is 35.9 Å². The molecule has 1 heterocycles. The number of rotatable bonds is 3. The van der Waals surface area contributed by atoms with E-state index in [0.29, 0.717) is 5.02 Å². The Balaban J connectivity index is 1.97. The quantitative estimate of drug-likeness (QED) is 0.589. The number of hydrogen-bond donors (Lipinski definition) is 1. The predicted octanol–water partition coefficient (Wildman–Crippen LogP) is 4.73. The highest BCUT2D eigenvalue weighted by molar-refractivity contribution is 6.31. The molecule has 1 unspecified atom stereocenters. The largest absolute Gasteiger partial charge is 0.318 e. The molecule has 4 rings (SSSR count). The Labute approximate surface area is 145 Å². The zero-order valence-electron chi connectivity index (χ0n) is 12.9. The van der Waals surface area contributed by atoms with Gasteiger partial charge in [-0.3, -0.25) is 4.57 Å². The minimum Gasteiger partial charge on any atom is -0.318 e. The standard InChI is InChI=1S/C20H16ClN3/c21-16-11-5-4-10-15(16)19(22)20-23-17-12-6-7-13-18(17)24(20)14-8-2-1-3-9-14/h1-13,19H,22H2. The van der Waals surface area contributed by atoms with E-state index in [4.69, 9.17) is 22.3 Å². The fourth-order valence-electron chi connectivity index (χ4n) is 2.97. The highest BCUT2D eigenvalue weighted by Crippen LogP contribution is 2.30. The first-order valence-corrected chi connectivity index (χ1v) is 8.16. The Bertz CT molecular complexity index is 992. The minimum atomic E-state index is -0.411. The second-order valence-corrected chi connectivity index (χ2v) is 6.04. The van der Waals surface area contributed by atoms with E-state index in [9.17, 15) is 0 Å². The summed E-state index contributed by atoms with van der Waals surface area (Å²) >= 11 is 6.35. The first-order chi connectivity index (χ1) is 11.8. The molecule has 0 radical (unpaired) electrons.